The molecule has 2 atom stereocenters. The topological polar surface area (TPSA) is 64.2 Å². The summed E-state index contributed by atoms with van der Waals surface area (Å²) in [6.45, 7) is 1.26. The Bertz CT molecular complexity index is 918. The Morgan fingerprint density at radius 2 is 1.96 bits per heavy atom. The minimum atomic E-state index is -0.0410. The molecular weight excluding hydrogens is 348 g/mol. The third kappa shape index (κ3) is 3.45. The van der Waals surface area contributed by atoms with Crippen LogP contribution in [0.3, 0.4) is 0 Å². The first-order valence-corrected chi connectivity index (χ1v) is 8.60. The van der Waals surface area contributed by atoms with Crippen LogP contribution in [0.5, 0.6) is 0 Å². The fourth-order valence-corrected chi connectivity index (χ4v) is 3.74. The van der Waals surface area contributed by atoms with Gasteiger partial charge >= 0.3 is 0 Å². The van der Waals surface area contributed by atoms with Crippen LogP contribution < -0.4 is 5.73 Å². The second kappa shape index (κ2) is 7.48. The number of aromatic nitrogens is 2. The second-order valence-electron chi connectivity index (χ2n) is 6.83. The summed E-state index contributed by atoms with van der Waals surface area (Å²) in [4.78, 5) is 14.7. The lowest BCUT2D eigenvalue weighted by molar-refractivity contribution is -0.129. The van der Waals surface area contributed by atoms with Crippen LogP contribution in [-0.4, -0.2) is 39.7 Å². The van der Waals surface area contributed by atoms with Gasteiger partial charge in [0, 0.05) is 38.3 Å². The van der Waals surface area contributed by atoms with Crippen molar-refractivity contribution < 1.29 is 4.79 Å². The molecule has 136 valence electrons. The van der Waals surface area contributed by atoms with E-state index >= 15 is 0 Å². The molecule has 2 heterocycles. The Morgan fingerprint density at radius 1 is 1.19 bits per heavy atom. The molecule has 5 nitrogen and oxygen atoms in total. The van der Waals surface area contributed by atoms with Crippen LogP contribution >= 0.6 is 12.4 Å². The number of likely N-dealkylation sites (tertiary alicyclic amines) is 1. The van der Waals surface area contributed by atoms with Crippen molar-refractivity contribution in [1.29, 1.82) is 0 Å². The highest BCUT2D eigenvalue weighted by molar-refractivity contribution is 5.90. The summed E-state index contributed by atoms with van der Waals surface area (Å²) < 4.78 is 1.78. The lowest BCUT2D eigenvalue weighted by Crippen LogP contribution is -2.33. The number of hydrogen-bond donors (Lipinski definition) is 1. The Kier molecular flexibility index (Phi) is 5.30. The normalized spacial score (nSPS) is 19.5. The van der Waals surface area contributed by atoms with Gasteiger partial charge in [0.2, 0.25) is 5.91 Å². The molecule has 0 radical (unpaired) electrons. The van der Waals surface area contributed by atoms with E-state index in [0.717, 1.165) is 16.5 Å². The number of carbonyl (C=O) groups is 1. The molecule has 0 aliphatic carbocycles. The van der Waals surface area contributed by atoms with E-state index in [2.05, 4.69) is 23.3 Å². The number of carbonyl (C=O) groups excluding carboxylic acids is 1. The summed E-state index contributed by atoms with van der Waals surface area (Å²) in [7, 11) is 1.90. The smallest absolute Gasteiger partial charge is 0.227 e. The molecule has 1 aliphatic heterocycles. The van der Waals surface area contributed by atoms with E-state index in [1.54, 1.807) is 4.68 Å². The van der Waals surface area contributed by atoms with Crippen molar-refractivity contribution in [3.8, 4) is 0 Å². The van der Waals surface area contributed by atoms with Gasteiger partial charge in [0.15, 0.2) is 0 Å². The molecule has 3 aromatic rings. The average molecular weight is 371 g/mol. The molecule has 2 unspecified atom stereocenters. The van der Waals surface area contributed by atoms with Crippen LogP contribution in [0.15, 0.2) is 54.9 Å². The molecule has 2 N–H and O–H groups in total. The number of hydrogen-bond acceptors (Lipinski definition) is 3. The number of nitrogens with two attached hydrogens (primary N) is 1. The number of benzene rings is 2. The SMILES string of the molecule is Cl.Cn1cc(C2CN(C(=O)Cc3cccc4ccccc34)CC2N)cn1. The van der Waals surface area contributed by atoms with Crippen LogP contribution in [0.2, 0.25) is 0 Å². The Morgan fingerprint density at radius 3 is 2.73 bits per heavy atom. The Labute approximate surface area is 159 Å². The zero-order chi connectivity index (χ0) is 17.4. The quantitative estimate of drug-likeness (QED) is 0.770. The van der Waals surface area contributed by atoms with E-state index in [0.29, 0.717) is 19.5 Å². The van der Waals surface area contributed by atoms with Crippen molar-refractivity contribution in [3.63, 3.8) is 0 Å². The van der Waals surface area contributed by atoms with Gasteiger partial charge in [-0.15, -0.1) is 12.4 Å². The maximum absolute atomic E-state index is 12.8. The van der Waals surface area contributed by atoms with E-state index in [4.69, 9.17) is 5.73 Å². The molecule has 1 fully saturated rings. The minimum absolute atomic E-state index is 0. The van der Waals surface area contributed by atoms with Gasteiger partial charge in [-0.05, 0) is 21.9 Å². The molecular formula is C20H23ClN4O. The first-order chi connectivity index (χ1) is 12.1. The molecule has 1 saturated heterocycles. The van der Waals surface area contributed by atoms with Gasteiger partial charge in [0.05, 0.1) is 12.6 Å². The standard InChI is InChI=1S/C20H22N4O.ClH/c1-23-11-16(10-22-23)18-12-24(13-19(18)21)20(25)9-15-7-4-6-14-5-2-3-8-17(14)15;/h2-8,10-11,18-19H,9,12-13,21H2,1H3;1H. The highest BCUT2D eigenvalue weighted by Gasteiger charge is 2.34. The first kappa shape index (κ1) is 18.4. The van der Waals surface area contributed by atoms with Crippen LogP contribution in [0, 0.1) is 0 Å². The summed E-state index contributed by atoms with van der Waals surface area (Å²) >= 11 is 0. The number of aryl methyl sites for hydroxylation is 1. The van der Waals surface area contributed by atoms with Gasteiger partial charge in [0.25, 0.3) is 0 Å². The van der Waals surface area contributed by atoms with Crippen LogP contribution in [0.25, 0.3) is 10.8 Å². The van der Waals surface area contributed by atoms with Gasteiger partial charge < -0.3 is 10.6 Å². The van der Waals surface area contributed by atoms with Crippen LogP contribution in [0.4, 0.5) is 0 Å². The monoisotopic (exact) mass is 370 g/mol. The fourth-order valence-electron chi connectivity index (χ4n) is 3.74. The lowest BCUT2D eigenvalue weighted by Gasteiger charge is -2.17. The number of amides is 1. The maximum atomic E-state index is 12.8. The van der Waals surface area contributed by atoms with Crippen molar-refractivity contribution >= 4 is 29.1 Å². The molecule has 26 heavy (non-hydrogen) atoms. The number of rotatable bonds is 3. The van der Waals surface area contributed by atoms with E-state index in [-0.39, 0.29) is 30.3 Å². The lowest BCUT2D eigenvalue weighted by atomic mass is 9.98. The van der Waals surface area contributed by atoms with Crippen molar-refractivity contribution in [2.75, 3.05) is 13.1 Å². The zero-order valence-electron chi connectivity index (χ0n) is 14.7. The van der Waals surface area contributed by atoms with Crippen LogP contribution in [-0.2, 0) is 18.3 Å². The van der Waals surface area contributed by atoms with E-state index in [9.17, 15) is 4.79 Å². The van der Waals surface area contributed by atoms with Gasteiger partial charge in [-0.1, -0.05) is 42.5 Å². The van der Waals surface area contributed by atoms with E-state index in [1.807, 2.05) is 48.6 Å². The Hall–Kier alpha value is -2.37. The fraction of sp³-hybridized carbons (Fsp3) is 0.300. The van der Waals surface area contributed by atoms with Crippen molar-refractivity contribution in [2.45, 2.75) is 18.4 Å². The van der Waals surface area contributed by atoms with Gasteiger partial charge in [-0.25, -0.2) is 0 Å². The molecule has 1 amide bonds. The highest BCUT2D eigenvalue weighted by atomic mass is 35.5. The van der Waals surface area contributed by atoms with E-state index < -0.39 is 0 Å². The van der Waals surface area contributed by atoms with Crippen LogP contribution in [0.1, 0.15) is 17.0 Å². The van der Waals surface area contributed by atoms with E-state index in [1.165, 1.54) is 5.39 Å². The third-order valence-corrected chi connectivity index (χ3v) is 5.09. The molecule has 0 spiro atoms. The van der Waals surface area contributed by atoms with Gasteiger partial charge in [-0.2, -0.15) is 5.10 Å². The van der Waals surface area contributed by atoms with Gasteiger partial charge in [0.1, 0.15) is 0 Å². The van der Waals surface area contributed by atoms with Crippen molar-refractivity contribution in [3.05, 3.63) is 66.0 Å². The number of halogens is 1. The molecule has 2 aromatic carbocycles. The summed E-state index contributed by atoms with van der Waals surface area (Å²) in [5, 5.41) is 6.54. The highest BCUT2D eigenvalue weighted by Crippen LogP contribution is 2.27. The predicted octanol–water partition coefficient (Wildman–Crippen LogP) is 2.49. The third-order valence-electron chi connectivity index (χ3n) is 5.09. The summed E-state index contributed by atoms with van der Waals surface area (Å²) in [6, 6.07) is 14.3. The van der Waals surface area contributed by atoms with Crippen molar-refractivity contribution in [2.24, 2.45) is 12.8 Å². The number of fused-ring (bicyclic) bond motifs is 1. The summed E-state index contributed by atoms with van der Waals surface area (Å²) in [5.74, 6) is 0.295. The number of nitrogens with zero attached hydrogens (tertiary/aromatic N) is 3. The second-order valence-corrected chi connectivity index (χ2v) is 6.83. The molecule has 0 bridgehead atoms. The first-order valence-electron chi connectivity index (χ1n) is 8.60. The largest absolute Gasteiger partial charge is 0.340 e. The molecule has 1 aromatic heterocycles. The van der Waals surface area contributed by atoms with Gasteiger partial charge in [-0.3, -0.25) is 9.48 Å². The van der Waals surface area contributed by atoms with Crippen molar-refractivity contribution in [1.82, 2.24) is 14.7 Å². The Balaban J connectivity index is 0.00000196. The predicted molar refractivity (Wildman–Crippen MR) is 105 cm³/mol. The minimum Gasteiger partial charge on any atom is -0.340 e. The zero-order valence-corrected chi connectivity index (χ0v) is 15.5. The summed E-state index contributed by atoms with van der Waals surface area (Å²) in [6.07, 6.45) is 4.25. The average Bonchev–Trinajstić information content (AvgIpc) is 3.21. The molecule has 0 saturated carbocycles. The summed E-state index contributed by atoms with van der Waals surface area (Å²) in [5.41, 5.74) is 8.48. The molecule has 4 rings (SSSR count). The molecule has 1 aliphatic rings. The molecule has 6 heteroatoms. The maximum Gasteiger partial charge on any atom is 0.227 e.